The monoisotopic (exact) mass is 238 g/mol. The summed E-state index contributed by atoms with van der Waals surface area (Å²) < 4.78 is 25.2. The van der Waals surface area contributed by atoms with Crippen molar-refractivity contribution in [2.24, 2.45) is 5.92 Å². The minimum absolute atomic E-state index is 0.202. The largest absolute Gasteiger partial charge is 0.242 e. The number of sulfonamides is 1. The summed E-state index contributed by atoms with van der Waals surface area (Å²) in [4.78, 5) is 0.252. The van der Waals surface area contributed by atoms with E-state index in [0.717, 1.165) is 0 Å². The number of rotatable bonds is 4. The van der Waals surface area contributed by atoms with Crippen molar-refractivity contribution in [3.05, 3.63) is 30.3 Å². The topological polar surface area (TPSA) is 61.2 Å². The van der Waals surface area contributed by atoms with Crippen molar-refractivity contribution in [2.75, 3.05) is 13.6 Å². The van der Waals surface area contributed by atoms with Crippen LogP contribution in [0.1, 0.15) is 6.92 Å². The van der Waals surface area contributed by atoms with Gasteiger partial charge in [0.15, 0.2) is 0 Å². The van der Waals surface area contributed by atoms with Crippen molar-refractivity contribution in [1.82, 2.24) is 4.31 Å². The molecule has 0 aromatic heterocycles. The molecule has 0 N–H and O–H groups in total. The standard InChI is InChI=1S/C11H14N2O2S/c1-10(8-12)9-13(2)16(14,15)11-6-4-3-5-7-11/h3-7,10H,9H2,1-2H3. The molecular weight excluding hydrogens is 224 g/mol. The molecule has 1 aromatic carbocycles. The van der Waals surface area contributed by atoms with Crippen LogP contribution in [-0.2, 0) is 10.0 Å². The molecule has 0 saturated carbocycles. The van der Waals surface area contributed by atoms with Crippen molar-refractivity contribution < 1.29 is 8.42 Å². The molecule has 5 heteroatoms. The number of hydrogen-bond acceptors (Lipinski definition) is 3. The molecule has 0 radical (unpaired) electrons. The van der Waals surface area contributed by atoms with E-state index in [4.69, 9.17) is 5.26 Å². The Kier molecular flexibility index (Phi) is 4.05. The van der Waals surface area contributed by atoms with Gasteiger partial charge >= 0.3 is 0 Å². The van der Waals surface area contributed by atoms with E-state index in [2.05, 4.69) is 0 Å². The van der Waals surface area contributed by atoms with Crippen LogP contribution >= 0.6 is 0 Å². The summed E-state index contributed by atoms with van der Waals surface area (Å²) in [5.41, 5.74) is 0. The lowest BCUT2D eigenvalue weighted by molar-refractivity contribution is 0.439. The molecule has 0 aliphatic heterocycles. The van der Waals surface area contributed by atoms with Gasteiger partial charge in [-0.3, -0.25) is 0 Å². The Bertz CT molecular complexity index is 476. The van der Waals surface area contributed by atoms with Gasteiger partial charge in [0, 0.05) is 13.6 Å². The normalized spacial score (nSPS) is 13.4. The van der Waals surface area contributed by atoms with E-state index in [0.29, 0.717) is 0 Å². The summed E-state index contributed by atoms with van der Waals surface area (Å²) in [6.45, 7) is 1.89. The molecule has 0 spiro atoms. The van der Waals surface area contributed by atoms with Gasteiger partial charge in [-0.05, 0) is 19.1 Å². The first-order valence-corrected chi connectivity index (χ1v) is 6.33. The van der Waals surface area contributed by atoms with Crippen LogP contribution in [0, 0.1) is 17.2 Å². The molecule has 1 rings (SSSR count). The second-order valence-electron chi connectivity index (χ2n) is 3.63. The minimum atomic E-state index is -3.46. The van der Waals surface area contributed by atoms with Crippen molar-refractivity contribution in [3.63, 3.8) is 0 Å². The number of benzene rings is 1. The van der Waals surface area contributed by atoms with E-state index in [1.807, 2.05) is 6.07 Å². The minimum Gasteiger partial charge on any atom is -0.207 e. The van der Waals surface area contributed by atoms with Crippen molar-refractivity contribution in [1.29, 1.82) is 5.26 Å². The van der Waals surface area contributed by atoms with Crippen molar-refractivity contribution in [3.8, 4) is 6.07 Å². The first kappa shape index (κ1) is 12.7. The zero-order valence-corrected chi connectivity index (χ0v) is 10.1. The Morgan fingerprint density at radius 1 is 1.38 bits per heavy atom. The van der Waals surface area contributed by atoms with Crippen LogP contribution in [0.4, 0.5) is 0 Å². The van der Waals surface area contributed by atoms with Crippen LogP contribution < -0.4 is 0 Å². The van der Waals surface area contributed by atoms with E-state index in [-0.39, 0.29) is 17.4 Å². The Morgan fingerprint density at radius 2 is 1.94 bits per heavy atom. The lowest BCUT2D eigenvalue weighted by Crippen LogP contribution is -2.30. The molecule has 16 heavy (non-hydrogen) atoms. The highest BCUT2D eigenvalue weighted by Gasteiger charge is 2.21. The molecular formula is C11H14N2O2S. The third-order valence-corrected chi connectivity index (χ3v) is 4.04. The second kappa shape index (κ2) is 5.10. The van der Waals surface area contributed by atoms with E-state index in [1.165, 1.54) is 11.4 Å². The molecule has 4 nitrogen and oxygen atoms in total. The van der Waals surface area contributed by atoms with Crippen LogP contribution in [0.5, 0.6) is 0 Å². The van der Waals surface area contributed by atoms with Crippen LogP contribution in [0.3, 0.4) is 0 Å². The molecule has 0 saturated heterocycles. The molecule has 0 bridgehead atoms. The predicted octanol–water partition coefficient (Wildman–Crippen LogP) is 1.47. The molecule has 86 valence electrons. The SMILES string of the molecule is CC(C#N)CN(C)S(=O)(=O)c1ccccc1. The van der Waals surface area contributed by atoms with Gasteiger partial charge in [0.25, 0.3) is 0 Å². The van der Waals surface area contributed by atoms with E-state index >= 15 is 0 Å². The van der Waals surface area contributed by atoms with E-state index < -0.39 is 10.0 Å². The first-order chi connectivity index (χ1) is 7.48. The first-order valence-electron chi connectivity index (χ1n) is 4.89. The van der Waals surface area contributed by atoms with Gasteiger partial charge in [-0.1, -0.05) is 18.2 Å². The van der Waals surface area contributed by atoms with Crippen LogP contribution in [0.25, 0.3) is 0 Å². The summed E-state index contributed by atoms with van der Waals surface area (Å²) in [5.74, 6) is -0.316. The van der Waals surface area contributed by atoms with Gasteiger partial charge < -0.3 is 0 Å². The van der Waals surface area contributed by atoms with Gasteiger partial charge in [-0.15, -0.1) is 0 Å². The van der Waals surface area contributed by atoms with Crippen LogP contribution in [-0.4, -0.2) is 26.3 Å². The zero-order valence-electron chi connectivity index (χ0n) is 9.29. The van der Waals surface area contributed by atoms with Crippen LogP contribution in [0.15, 0.2) is 35.2 Å². The van der Waals surface area contributed by atoms with Gasteiger partial charge in [-0.2, -0.15) is 9.57 Å². The second-order valence-corrected chi connectivity index (χ2v) is 5.67. The maximum atomic E-state index is 12.0. The lowest BCUT2D eigenvalue weighted by atomic mass is 10.2. The lowest BCUT2D eigenvalue weighted by Gasteiger charge is -2.17. The molecule has 1 unspecified atom stereocenters. The third-order valence-electron chi connectivity index (χ3n) is 2.20. The predicted molar refractivity (Wildman–Crippen MR) is 61.0 cm³/mol. The average molecular weight is 238 g/mol. The fourth-order valence-corrected chi connectivity index (χ4v) is 2.58. The Morgan fingerprint density at radius 3 is 2.44 bits per heavy atom. The van der Waals surface area contributed by atoms with Gasteiger partial charge in [-0.25, -0.2) is 8.42 Å². The van der Waals surface area contributed by atoms with Crippen LogP contribution in [0.2, 0.25) is 0 Å². The molecule has 0 aliphatic carbocycles. The van der Waals surface area contributed by atoms with Gasteiger partial charge in [0.05, 0.1) is 16.9 Å². The zero-order chi connectivity index (χ0) is 12.2. The summed E-state index contributed by atoms with van der Waals surface area (Å²) in [5, 5.41) is 8.65. The quantitative estimate of drug-likeness (QED) is 0.798. The maximum absolute atomic E-state index is 12.0. The van der Waals surface area contributed by atoms with Crippen molar-refractivity contribution in [2.45, 2.75) is 11.8 Å². The average Bonchev–Trinajstić information content (AvgIpc) is 2.29. The Labute approximate surface area is 96.2 Å². The smallest absolute Gasteiger partial charge is 0.207 e. The highest BCUT2D eigenvalue weighted by atomic mass is 32.2. The van der Waals surface area contributed by atoms with E-state index in [9.17, 15) is 8.42 Å². The summed E-state index contributed by atoms with van der Waals surface area (Å²) in [7, 11) is -1.98. The molecule has 1 atom stereocenters. The summed E-state index contributed by atoms with van der Waals surface area (Å²) in [6, 6.07) is 10.2. The van der Waals surface area contributed by atoms with Crippen molar-refractivity contribution >= 4 is 10.0 Å². The maximum Gasteiger partial charge on any atom is 0.242 e. The Balaban J connectivity index is 2.92. The number of hydrogen-bond donors (Lipinski definition) is 0. The molecule has 0 heterocycles. The van der Waals surface area contributed by atoms with Gasteiger partial charge in [0.2, 0.25) is 10.0 Å². The summed E-state index contributed by atoms with van der Waals surface area (Å²) in [6.07, 6.45) is 0. The third kappa shape index (κ3) is 2.81. The molecule has 0 amide bonds. The Hall–Kier alpha value is -1.38. The highest BCUT2D eigenvalue weighted by molar-refractivity contribution is 7.89. The number of nitrogens with zero attached hydrogens (tertiary/aromatic N) is 2. The highest BCUT2D eigenvalue weighted by Crippen LogP contribution is 2.14. The van der Waals surface area contributed by atoms with Gasteiger partial charge in [0.1, 0.15) is 0 Å². The fraction of sp³-hybridized carbons (Fsp3) is 0.364. The number of nitriles is 1. The molecule has 1 aromatic rings. The summed E-state index contributed by atoms with van der Waals surface area (Å²) >= 11 is 0. The molecule has 0 aliphatic rings. The fourth-order valence-electron chi connectivity index (χ4n) is 1.30. The molecule has 0 fully saturated rings. The van der Waals surface area contributed by atoms with E-state index in [1.54, 1.807) is 37.3 Å².